The molecule has 0 fully saturated rings. The first kappa shape index (κ1) is 21.7. The van der Waals surface area contributed by atoms with Crippen LogP contribution in [0.3, 0.4) is 0 Å². The van der Waals surface area contributed by atoms with E-state index in [0.717, 1.165) is 16.1 Å². The molecular formula is C22H21N3O6. The summed E-state index contributed by atoms with van der Waals surface area (Å²) < 4.78 is 12.7. The number of aromatic nitrogens is 3. The third kappa shape index (κ3) is 4.45. The highest BCUT2D eigenvalue weighted by atomic mass is 16.5. The molecule has 160 valence electrons. The van der Waals surface area contributed by atoms with Crippen molar-refractivity contribution in [1.29, 1.82) is 0 Å². The average molecular weight is 423 g/mol. The van der Waals surface area contributed by atoms with Gasteiger partial charge in [0, 0.05) is 35.8 Å². The van der Waals surface area contributed by atoms with Gasteiger partial charge in [0.1, 0.15) is 0 Å². The first-order chi connectivity index (χ1) is 14.7. The van der Waals surface area contributed by atoms with Crippen LogP contribution in [-0.4, -0.2) is 45.8 Å². The second-order valence-electron chi connectivity index (χ2n) is 6.84. The summed E-state index contributed by atoms with van der Waals surface area (Å²) in [5.41, 5.74) is 2.65. The number of ether oxygens (including phenoxy) is 2. The standard InChI is InChI=1S/C22H21N3O6/c1-13-11-17(14(2)25(13)16-7-5-15(6-8-16)21(28)30-4)19(26)12-31-22(29)18-9-10-20(27)24(3)23-18/h5-11H,12H2,1-4H3. The number of nitrogens with zero attached hydrogens (tertiary/aromatic N) is 3. The Hall–Kier alpha value is -4.01. The molecule has 0 aliphatic carbocycles. The first-order valence-electron chi connectivity index (χ1n) is 9.35. The zero-order valence-electron chi connectivity index (χ0n) is 17.5. The summed E-state index contributed by atoms with van der Waals surface area (Å²) in [6, 6.07) is 11.0. The number of ketones is 1. The van der Waals surface area contributed by atoms with Crippen molar-refractivity contribution < 1.29 is 23.9 Å². The molecule has 0 aliphatic rings. The van der Waals surface area contributed by atoms with Crippen LogP contribution in [0.1, 0.15) is 42.6 Å². The monoisotopic (exact) mass is 423 g/mol. The Morgan fingerprint density at radius 3 is 2.29 bits per heavy atom. The summed E-state index contributed by atoms with van der Waals surface area (Å²) in [4.78, 5) is 47.8. The minimum absolute atomic E-state index is 0.0638. The van der Waals surface area contributed by atoms with Gasteiger partial charge >= 0.3 is 11.9 Å². The van der Waals surface area contributed by atoms with E-state index in [2.05, 4.69) is 5.10 Å². The van der Waals surface area contributed by atoms with Crippen molar-refractivity contribution in [2.24, 2.45) is 7.05 Å². The number of carbonyl (C=O) groups is 3. The van der Waals surface area contributed by atoms with Gasteiger partial charge < -0.3 is 14.0 Å². The Morgan fingerprint density at radius 1 is 1.00 bits per heavy atom. The van der Waals surface area contributed by atoms with Crippen molar-refractivity contribution in [3.63, 3.8) is 0 Å². The van der Waals surface area contributed by atoms with Crippen molar-refractivity contribution >= 4 is 17.7 Å². The van der Waals surface area contributed by atoms with Crippen LogP contribution in [0, 0.1) is 13.8 Å². The van der Waals surface area contributed by atoms with Crippen molar-refractivity contribution in [3.05, 3.63) is 81.0 Å². The highest BCUT2D eigenvalue weighted by molar-refractivity contribution is 6.00. The van der Waals surface area contributed by atoms with Gasteiger partial charge in [-0.25, -0.2) is 14.3 Å². The van der Waals surface area contributed by atoms with E-state index < -0.39 is 18.5 Å². The van der Waals surface area contributed by atoms with Crippen LogP contribution in [0.4, 0.5) is 0 Å². The molecule has 0 saturated heterocycles. The molecule has 3 rings (SSSR count). The van der Waals surface area contributed by atoms with Crippen molar-refractivity contribution in [2.75, 3.05) is 13.7 Å². The number of rotatable bonds is 6. The molecule has 3 aromatic rings. The first-order valence-corrected chi connectivity index (χ1v) is 9.35. The molecular weight excluding hydrogens is 402 g/mol. The minimum Gasteiger partial charge on any atom is -0.465 e. The third-order valence-corrected chi connectivity index (χ3v) is 4.78. The Labute approximate surface area is 177 Å². The van der Waals surface area contributed by atoms with Gasteiger partial charge in [0.2, 0.25) is 5.78 Å². The summed E-state index contributed by atoms with van der Waals surface area (Å²) in [5, 5.41) is 3.81. The lowest BCUT2D eigenvalue weighted by Gasteiger charge is -2.10. The molecule has 2 heterocycles. The van der Waals surface area contributed by atoms with Gasteiger partial charge in [0.25, 0.3) is 5.56 Å². The molecule has 0 spiro atoms. The van der Waals surface area contributed by atoms with Crippen LogP contribution in [0.5, 0.6) is 0 Å². The van der Waals surface area contributed by atoms with Crippen LogP contribution < -0.4 is 5.56 Å². The normalized spacial score (nSPS) is 10.6. The van der Waals surface area contributed by atoms with Crippen LogP contribution >= 0.6 is 0 Å². The Morgan fingerprint density at radius 2 is 1.68 bits per heavy atom. The second-order valence-corrected chi connectivity index (χ2v) is 6.84. The zero-order valence-corrected chi connectivity index (χ0v) is 17.5. The molecule has 0 amide bonds. The summed E-state index contributed by atoms with van der Waals surface area (Å²) >= 11 is 0. The van der Waals surface area contributed by atoms with Crippen LogP contribution in [0.2, 0.25) is 0 Å². The number of methoxy groups -OCH3 is 1. The maximum absolute atomic E-state index is 12.7. The van der Waals surface area contributed by atoms with Gasteiger partial charge in [-0.15, -0.1) is 0 Å². The Kier molecular flexibility index (Phi) is 6.15. The molecule has 0 radical (unpaired) electrons. The van der Waals surface area contributed by atoms with Crippen molar-refractivity contribution in [1.82, 2.24) is 14.3 Å². The molecule has 1 aromatic carbocycles. The number of benzene rings is 1. The van der Waals surface area contributed by atoms with Gasteiger partial charge in [0.15, 0.2) is 12.3 Å². The molecule has 0 saturated carbocycles. The average Bonchev–Trinajstić information content (AvgIpc) is 3.07. The summed E-state index contributed by atoms with van der Waals surface area (Å²) in [6.07, 6.45) is 0. The quantitative estimate of drug-likeness (QED) is 0.441. The van der Waals surface area contributed by atoms with Gasteiger partial charge in [-0.2, -0.15) is 5.10 Å². The number of hydrogen-bond donors (Lipinski definition) is 0. The lowest BCUT2D eigenvalue weighted by molar-refractivity contribution is 0.0466. The fourth-order valence-electron chi connectivity index (χ4n) is 3.20. The summed E-state index contributed by atoms with van der Waals surface area (Å²) in [6.45, 7) is 3.16. The Balaban J connectivity index is 1.77. The van der Waals surface area contributed by atoms with E-state index in [4.69, 9.17) is 9.47 Å². The maximum atomic E-state index is 12.7. The lowest BCUT2D eigenvalue weighted by Crippen LogP contribution is -2.23. The molecule has 0 bridgehead atoms. The molecule has 0 atom stereocenters. The van der Waals surface area contributed by atoms with E-state index in [1.54, 1.807) is 37.3 Å². The Bertz CT molecular complexity index is 1220. The maximum Gasteiger partial charge on any atom is 0.359 e. The van der Waals surface area contributed by atoms with Crippen LogP contribution in [0.15, 0.2) is 47.3 Å². The third-order valence-electron chi connectivity index (χ3n) is 4.78. The number of carbonyl (C=O) groups excluding carboxylic acids is 3. The topological polar surface area (TPSA) is 109 Å². The van der Waals surface area contributed by atoms with Crippen LogP contribution in [-0.2, 0) is 16.5 Å². The number of aryl methyl sites for hydroxylation is 2. The number of hydrogen-bond acceptors (Lipinski definition) is 7. The molecule has 9 heteroatoms. The van der Waals surface area contributed by atoms with Gasteiger partial charge in [-0.05, 0) is 50.2 Å². The highest BCUT2D eigenvalue weighted by Crippen LogP contribution is 2.22. The van der Waals surface area contributed by atoms with E-state index in [1.807, 2.05) is 11.5 Å². The molecule has 9 nitrogen and oxygen atoms in total. The number of Topliss-reactive ketones (excluding diaryl/α,β-unsaturated/α-hetero) is 1. The molecule has 0 N–H and O–H groups in total. The van der Waals surface area contributed by atoms with E-state index >= 15 is 0 Å². The predicted molar refractivity (Wildman–Crippen MR) is 111 cm³/mol. The summed E-state index contributed by atoms with van der Waals surface area (Å²) in [7, 11) is 2.73. The van der Waals surface area contributed by atoms with E-state index in [-0.39, 0.29) is 17.0 Å². The fraction of sp³-hybridized carbons (Fsp3) is 0.227. The van der Waals surface area contributed by atoms with Gasteiger partial charge in [-0.3, -0.25) is 9.59 Å². The minimum atomic E-state index is -0.795. The lowest BCUT2D eigenvalue weighted by atomic mass is 10.1. The van der Waals surface area contributed by atoms with Crippen molar-refractivity contribution in [3.8, 4) is 5.69 Å². The van der Waals surface area contributed by atoms with Gasteiger partial charge in [0.05, 0.1) is 12.7 Å². The SMILES string of the molecule is COC(=O)c1ccc(-n2c(C)cc(C(=O)COC(=O)c3ccc(=O)n(C)n3)c2C)cc1. The van der Waals surface area contributed by atoms with E-state index in [9.17, 15) is 19.2 Å². The van der Waals surface area contributed by atoms with E-state index in [0.29, 0.717) is 16.8 Å². The van der Waals surface area contributed by atoms with Gasteiger partial charge in [-0.1, -0.05) is 0 Å². The van der Waals surface area contributed by atoms with E-state index in [1.165, 1.54) is 26.3 Å². The molecule has 31 heavy (non-hydrogen) atoms. The zero-order chi connectivity index (χ0) is 22.7. The second kappa shape index (κ2) is 8.78. The molecule has 0 aliphatic heterocycles. The smallest absolute Gasteiger partial charge is 0.359 e. The highest BCUT2D eigenvalue weighted by Gasteiger charge is 2.19. The molecule has 0 unspecified atom stereocenters. The summed E-state index contributed by atoms with van der Waals surface area (Å²) in [5.74, 6) is -1.60. The molecule has 2 aromatic heterocycles. The largest absolute Gasteiger partial charge is 0.465 e. The van der Waals surface area contributed by atoms with Crippen molar-refractivity contribution in [2.45, 2.75) is 13.8 Å². The van der Waals surface area contributed by atoms with Crippen LogP contribution in [0.25, 0.3) is 5.69 Å². The fourth-order valence-corrected chi connectivity index (χ4v) is 3.20. The predicted octanol–water partition coefficient (Wildman–Crippen LogP) is 2.01. The number of esters is 2.